The normalized spacial score (nSPS) is 11.8. The maximum absolute atomic E-state index is 11.3. The van der Waals surface area contributed by atoms with Gasteiger partial charge in [0, 0.05) is 12.8 Å². The van der Waals surface area contributed by atoms with Gasteiger partial charge in [0.05, 0.1) is 11.4 Å². The molecule has 0 atom stereocenters. The third-order valence-electron chi connectivity index (χ3n) is 2.62. The Balaban J connectivity index is 0.00000361. The summed E-state index contributed by atoms with van der Waals surface area (Å²) in [6.07, 6.45) is 3.35. The molecule has 0 aliphatic heterocycles. The van der Waals surface area contributed by atoms with Gasteiger partial charge in [-0.2, -0.15) is 0 Å². The third-order valence-corrected chi connectivity index (χ3v) is 3.75. The fourth-order valence-electron chi connectivity index (χ4n) is 1.47. The summed E-state index contributed by atoms with van der Waals surface area (Å²) >= 11 is 0. The van der Waals surface area contributed by atoms with E-state index in [9.17, 15) is 8.42 Å². The Morgan fingerprint density at radius 1 is 1.30 bits per heavy atom. The molecule has 0 saturated heterocycles. The second kappa shape index (κ2) is 9.17. The van der Waals surface area contributed by atoms with E-state index in [1.54, 1.807) is 24.3 Å². The molecule has 7 heteroatoms. The molecule has 0 radical (unpaired) electrons. The van der Waals surface area contributed by atoms with Crippen LogP contribution in [0, 0.1) is 0 Å². The highest BCUT2D eigenvalue weighted by Gasteiger charge is 2.05. The summed E-state index contributed by atoms with van der Waals surface area (Å²) in [6.45, 7) is 3.37. The van der Waals surface area contributed by atoms with Crippen LogP contribution in [0.1, 0.15) is 25.3 Å². The van der Waals surface area contributed by atoms with Gasteiger partial charge in [0.15, 0.2) is 15.8 Å². The number of unbranched alkanes of at least 4 members (excludes halogenated alkanes) is 1. The summed E-state index contributed by atoms with van der Waals surface area (Å²) in [5, 5.41) is 3.02. The van der Waals surface area contributed by atoms with Gasteiger partial charge in [0.1, 0.15) is 0 Å². The van der Waals surface area contributed by atoms with Gasteiger partial charge in [-0.05, 0) is 24.1 Å². The number of aliphatic imine (C=N–C) groups is 1. The van der Waals surface area contributed by atoms with Gasteiger partial charge in [-0.3, -0.25) is 0 Å². The molecule has 0 amide bonds. The molecule has 0 aliphatic rings. The van der Waals surface area contributed by atoms with Crippen molar-refractivity contribution >= 4 is 39.8 Å². The molecule has 0 heterocycles. The second-order valence-corrected chi connectivity index (χ2v) is 6.41. The molecule has 0 fully saturated rings. The molecule has 0 aliphatic carbocycles. The lowest BCUT2D eigenvalue weighted by atomic mass is 10.2. The lowest BCUT2D eigenvalue weighted by Crippen LogP contribution is -2.32. The smallest absolute Gasteiger partial charge is 0.188 e. The number of rotatable bonds is 6. The minimum absolute atomic E-state index is 0. The van der Waals surface area contributed by atoms with E-state index in [0.29, 0.717) is 17.4 Å². The van der Waals surface area contributed by atoms with Crippen molar-refractivity contribution in [2.45, 2.75) is 31.2 Å². The van der Waals surface area contributed by atoms with Gasteiger partial charge in [-0.25, -0.2) is 13.4 Å². The lowest BCUT2D eigenvalue weighted by molar-refractivity contribution is 0.602. The van der Waals surface area contributed by atoms with Crippen LogP contribution in [0.3, 0.4) is 0 Å². The summed E-state index contributed by atoms with van der Waals surface area (Å²) in [5.41, 5.74) is 6.63. The van der Waals surface area contributed by atoms with E-state index in [1.165, 1.54) is 6.26 Å². The minimum atomic E-state index is -3.14. The quantitative estimate of drug-likeness (QED) is 0.324. The molecular formula is C13H22IN3O2S. The van der Waals surface area contributed by atoms with Crippen LogP contribution < -0.4 is 11.1 Å². The average molecular weight is 411 g/mol. The Kier molecular flexibility index (Phi) is 8.79. The maximum atomic E-state index is 11.3. The van der Waals surface area contributed by atoms with Gasteiger partial charge in [0.25, 0.3) is 0 Å². The fourth-order valence-corrected chi connectivity index (χ4v) is 2.10. The van der Waals surface area contributed by atoms with E-state index in [2.05, 4.69) is 17.2 Å². The molecule has 20 heavy (non-hydrogen) atoms. The molecule has 5 nitrogen and oxygen atoms in total. The molecule has 0 bridgehead atoms. The van der Waals surface area contributed by atoms with Crippen LogP contribution in [-0.4, -0.2) is 27.2 Å². The zero-order valence-electron chi connectivity index (χ0n) is 11.8. The highest BCUT2D eigenvalue weighted by atomic mass is 127. The number of nitrogens with zero attached hydrogens (tertiary/aromatic N) is 1. The van der Waals surface area contributed by atoms with E-state index >= 15 is 0 Å². The van der Waals surface area contributed by atoms with Crippen LogP contribution in [0.2, 0.25) is 0 Å². The predicted octanol–water partition coefficient (Wildman–Crippen LogP) is 1.91. The first-order chi connectivity index (χ1) is 8.93. The Labute approximate surface area is 138 Å². The SMILES string of the molecule is CCCCNC(N)=NCc1ccc(S(C)(=O)=O)cc1.I. The zero-order chi connectivity index (χ0) is 14.3. The van der Waals surface area contributed by atoms with E-state index in [1.807, 2.05) is 0 Å². The van der Waals surface area contributed by atoms with Crippen LogP contribution in [0.4, 0.5) is 0 Å². The highest BCUT2D eigenvalue weighted by Crippen LogP contribution is 2.10. The number of halogens is 1. The van der Waals surface area contributed by atoms with Crippen LogP contribution in [-0.2, 0) is 16.4 Å². The minimum Gasteiger partial charge on any atom is -0.370 e. The number of hydrogen-bond donors (Lipinski definition) is 2. The fraction of sp³-hybridized carbons (Fsp3) is 0.462. The number of nitrogens with two attached hydrogens (primary N) is 1. The second-order valence-electron chi connectivity index (χ2n) is 4.40. The maximum Gasteiger partial charge on any atom is 0.188 e. The van der Waals surface area contributed by atoms with Crippen molar-refractivity contribution in [3.63, 3.8) is 0 Å². The summed E-state index contributed by atoms with van der Waals surface area (Å²) in [5.74, 6) is 0.417. The summed E-state index contributed by atoms with van der Waals surface area (Å²) in [4.78, 5) is 4.51. The first-order valence-electron chi connectivity index (χ1n) is 6.26. The molecule has 1 rings (SSSR count). The predicted molar refractivity (Wildman–Crippen MR) is 93.2 cm³/mol. The largest absolute Gasteiger partial charge is 0.370 e. The van der Waals surface area contributed by atoms with Crippen molar-refractivity contribution in [3.8, 4) is 0 Å². The van der Waals surface area contributed by atoms with Crippen molar-refractivity contribution in [2.24, 2.45) is 10.7 Å². The van der Waals surface area contributed by atoms with Crippen molar-refractivity contribution in [2.75, 3.05) is 12.8 Å². The monoisotopic (exact) mass is 411 g/mol. The van der Waals surface area contributed by atoms with E-state index in [4.69, 9.17) is 5.73 Å². The molecule has 0 saturated carbocycles. The van der Waals surface area contributed by atoms with Gasteiger partial charge < -0.3 is 11.1 Å². The highest BCUT2D eigenvalue weighted by molar-refractivity contribution is 14.0. The number of benzene rings is 1. The summed E-state index contributed by atoms with van der Waals surface area (Å²) in [7, 11) is -3.14. The van der Waals surface area contributed by atoms with Gasteiger partial charge >= 0.3 is 0 Å². The number of hydrogen-bond acceptors (Lipinski definition) is 3. The number of nitrogens with one attached hydrogen (secondary N) is 1. The first kappa shape index (κ1) is 19.2. The number of sulfone groups is 1. The summed E-state index contributed by atoms with van der Waals surface area (Å²) in [6, 6.07) is 6.67. The van der Waals surface area contributed by atoms with Gasteiger partial charge in [0.2, 0.25) is 0 Å². The van der Waals surface area contributed by atoms with E-state index in [-0.39, 0.29) is 24.0 Å². The van der Waals surface area contributed by atoms with Crippen LogP contribution in [0.5, 0.6) is 0 Å². The summed E-state index contributed by atoms with van der Waals surface area (Å²) < 4.78 is 22.6. The molecule has 3 N–H and O–H groups in total. The molecule has 0 unspecified atom stereocenters. The van der Waals surface area contributed by atoms with Gasteiger partial charge in [-0.15, -0.1) is 24.0 Å². The standard InChI is InChI=1S/C13H21N3O2S.HI/c1-3-4-9-15-13(14)16-10-11-5-7-12(8-6-11)19(2,17)18;/h5-8H,3-4,9-10H2,1-2H3,(H3,14,15,16);1H. The molecule has 1 aromatic rings. The molecule has 1 aromatic carbocycles. The van der Waals surface area contributed by atoms with Crippen LogP contribution in [0.15, 0.2) is 34.2 Å². The molecule has 0 spiro atoms. The van der Waals surface area contributed by atoms with E-state index < -0.39 is 9.84 Å². The topological polar surface area (TPSA) is 84.5 Å². The van der Waals surface area contributed by atoms with Crippen molar-refractivity contribution in [1.82, 2.24) is 5.32 Å². The Morgan fingerprint density at radius 3 is 2.40 bits per heavy atom. The third kappa shape index (κ3) is 7.09. The Bertz CT molecular complexity index is 527. The lowest BCUT2D eigenvalue weighted by Gasteiger charge is -2.04. The van der Waals surface area contributed by atoms with Crippen LogP contribution in [0.25, 0.3) is 0 Å². The van der Waals surface area contributed by atoms with Crippen molar-refractivity contribution in [3.05, 3.63) is 29.8 Å². The Morgan fingerprint density at radius 2 is 1.90 bits per heavy atom. The van der Waals surface area contributed by atoms with Crippen molar-refractivity contribution < 1.29 is 8.42 Å². The van der Waals surface area contributed by atoms with Gasteiger partial charge in [-0.1, -0.05) is 25.5 Å². The molecule has 114 valence electrons. The molecule has 0 aromatic heterocycles. The number of guanidine groups is 1. The zero-order valence-corrected chi connectivity index (χ0v) is 14.9. The first-order valence-corrected chi connectivity index (χ1v) is 8.15. The van der Waals surface area contributed by atoms with Crippen molar-refractivity contribution in [1.29, 1.82) is 0 Å². The molecular weight excluding hydrogens is 389 g/mol. The Hall–Kier alpha value is -0.830. The van der Waals surface area contributed by atoms with E-state index in [0.717, 1.165) is 24.9 Å². The average Bonchev–Trinajstić information content (AvgIpc) is 2.36. The van der Waals surface area contributed by atoms with Crippen LogP contribution >= 0.6 is 24.0 Å².